The molecule has 1 aromatic heterocycles. The second kappa shape index (κ2) is 7.94. The summed E-state index contributed by atoms with van der Waals surface area (Å²) in [6.45, 7) is 0.802. The topological polar surface area (TPSA) is 75.7 Å². The Hall–Kier alpha value is -2.67. The minimum Gasteiger partial charge on any atom is -0.452 e. The highest BCUT2D eigenvalue weighted by atomic mass is 32.1. The maximum Gasteiger partial charge on any atom is 0.338 e. The largest absolute Gasteiger partial charge is 0.452 e. The van der Waals surface area contributed by atoms with E-state index in [1.165, 1.54) is 0 Å². The molecular weight excluding hydrogens is 340 g/mol. The van der Waals surface area contributed by atoms with E-state index in [-0.39, 0.29) is 18.4 Å². The minimum absolute atomic E-state index is 0.0951. The predicted octanol–water partition coefficient (Wildman–Crippen LogP) is 2.35. The number of carbonyl (C=O) groups is 3. The van der Waals surface area contributed by atoms with E-state index in [0.29, 0.717) is 25.1 Å². The quantitative estimate of drug-likeness (QED) is 0.804. The number of amides is 2. The lowest BCUT2D eigenvalue weighted by atomic mass is 10.2. The molecule has 0 aliphatic carbocycles. The number of thiophene rings is 1. The van der Waals surface area contributed by atoms with E-state index in [4.69, 9.17) is 4.74 Å². The molecule has 0 bridgehead atoms. The number of hydrogen-bond donors (Lipinski definition) is 1. The second-order valence-corrected chi connectivity index (χ2v) is 6.66. The van der Waals surface area contributed by atoms with Crippen LogP contribution in [0.3, 0.4) is 0 Å². The van der Waals surface area contributed by atoms with Crippen molar-refractivity contribution in [3.8, 4) is 0 Å². The number of nitrogens with zero attached hydrogens (tertiary/aromatic N) is 1. The van der Waals surface area contributed by atoms with E-state index in [1.807, 2.05) is 17.5 Å². The van der Waals surface area contributed by atoms with Gasteiger partial charge in [0.25, 0.3) is 5.91 Å². The molecule has 3 rings (SSSR count). The normalized spacial score (nSPS) is 13.8. The molecule has 0 unspecified atom stereocenters. The standard InChI is InChI=1S/C18H18N2O4S/c21-16(19-11-15-3-2-10-25-15)12-24-18(23)13-5-7-14(8-6-13)20-9-1-4-17(20)22/h2-3,5-8,10H,1,4,9,11-12H2,(H,19,21). The van der Waals surface area contributed by atoms with Gasteiger partial charge in [0.2, 0.25) is 5.91 Å². The Labute approximate surface area is 149 Å². The fraction of sp³-hybridized carbons (Fsp3) is 0.278. The van der Waals surface area contributed by atoms with Crippen molar-refractivity contribution in [1.29, 1.82) is 0 Å². The molecule has 130 valence electrons. The molecule has 0 radical (unpaired) electrons. The van der Waals surface area contributed by atoms with Gasteiger partial charge in [0, 0.05) is 23.5 Å². The Bertz CT molecular complexity index is 756. The number of rotatable bonds is 6. The average Bonchev–Trinajstić information content (AvgIpc) is 3.29. The zero-order chi connectivity index (χ0) is 17.6. The summed E-state index contributed by atoms with van der Waals surface area (Å²) in [6, 6.07) is 10.5. The Morgan fingerprint density at radius 1 is 1.20 bits per heavy atom. The summed E-state index contributed by atoms with van der Waals surface area (Å²) in [5.41, 5.74) is 1.12. The van der Waals surface area contributed by atoms with Crippen LogP contribution in [0.15, 0.2) is 41.8 Å². The van der Waals surface area contributed by atoms with Crippen molar-refractivity contribution < 1.29 is 19.1 Å². The molecule has 0 atom stereocenters. The molecule has 25 heavy (non-hydrogen) atoms. The van der Waals surface area contributed by atoms with E-state index in [2.05, 4.69) is 5.32 Å². The first-order valence-electron chi connectivity index (χ1n) is 8.00. The van der Waals surface area contributed by atoms with Crippen LogP contribution in [0.25, 0.3) is 0 Å². The van der Waals surface area contributed by atoms with Crippen LogP contribution in [0.4, 0.5) is 5.69 Å². The van der Waals surface area contributed by atoms with Gasteiger partial charge in [-0.2, -0.15) is 0 Å². The average molecular weight is 358 g/mol. The lowest BCUT2D eigenvalue weighted by molar-refractivity contribution is -0.124. The summed E-state index contributed by atoms with van der Waals surface area (Å²) in [7, 11) is 0. The molecule has 7 heteroatoms. The predicted molar refractivity (Wildman–Crippen MR) is 94.5 cm³/mol. The molecule has 6 nitrogen and oxygen atoms in total. The number of hydrogen-bond acceptors (Lipinski definition) is 5. The molecule has 2 amide bonds. The summed E-state index contributed by atoms with van der Waals surface area (Å²) in [5, 5.41) is 4.62. The van der Waals surface area contributed by atoms with Crippen molar-refractivity contribution >= 4 is 34.8 Å². The van der Waals surface area contributed by atoms with E-state index in [1.54, 1.807) is 40.5 Å². The highest BCUT2D eigenvalue weighted by Gasteiger charge is 2.21. The van der Waals surface area contributed by atoms with Crippen LogP contribution in [0.5, 0.6) is 0 Å². The van der Waals surface area contributed by atoms with Gasteiger partial charge in [-0.3, -0.25) is 9.59 Å². The number of ether oxygens (including phenoxy) is 1. The van der Waals surface area contributed by atoms with Crippen molar-refractivity contribution in [3.05, 3.63) is 52.2 Å². The molecule has 1 saturated heterocycles. The van der Waals surface area contributed by atoms with Gasteiger partial charge >= 0.3 is 5.97 Å². The van der Waals surface area contributed by atoms with Crippen LogP contribution < -0.4 is 10.2 Å². The van der Waals surface area contributed by atoms with Gasteiger partial charge in [0.15, 0.2) is 6.61 Å². The number of carbonyl (C=O) groups excluding carboxylic acids is 3. The fourth-order valence-electron chi connectivity index (χ4n) is 2.56. The molecule has 2 aromatic rings. The van der Waals surface area contributed by atoms with Crippen molar-refractivity contribution in [2.45, 2.75) is 19.4 Å². The first-order chi connectivity index (χ1) is 12.1. The zero-order valence-corrected chi connectivity index (χ0v) is 14.4. The lowest BCUT2D eigenvalue weighted by Gasteiger charge is -2.15. The Morgan fingerprint density at radius 2 is 2.00 bits per heavy atom. The number of esters is 1. The van der Waals surface area contributed by atoms with Crippen LogP contribution in [-0.2, 0) is 20.9 Å². The van der Waals surface area contributed by atoms with Gasteiger partial charge in [-0.1, -0.05) is 6.07 Å². The van der Waals surface area contributed by atoms with Crippen molar-refractivity contribution in [1.82, 2.24) is 5.32 Å². The molecule has 1 aliphatic heterocycles. The smallest absolute Gasteiger partial charge is 0.338 e. The van der Waals surface area contributed by atoms with Crippen molar-refractivity contribution in [2.24, 2.45) is 0 Å². The van der Waals surface area contributed by atoms with Crippen molar-refractivity contribution in [3.63, 3.8) is 0 Å². The first-order valence-corrected chi connectivity index (χ1v) is 8.88. The maximum absolute atomic E-state index is 12.0. The van der Waals surface area contributed by atoms with Crippen molar-refractivity contribution in [2.75, 3.05) is 18.1 Å². The summed E-state index contributed by atoms with van der Waals surface area (Å²) >= 11 is 1.55. The first kappa shape index (κ1) is 17.2. The van der Waals surface area contributed by atoms with Gasteiger partial charge in [0.05, 0.1) is 12.1 Å². The molecule has 1 aliphatic rings. The van der Waals surface area contributed by atoms with Gasteiger partial charge in [-0.15, -0.1) is 11.3 Å². The highest BCUT2D eigenvalue weighted by Crippen LogP contribution is 2.21. The summed E-state index contributed by atoms with van der Waals surface area (Å²) < 4.78 is 5.02. The Balaban J connectivity index is 1.47. The highest BCUT2D eigenvalue weighted by molar-refractivity contribution is 7.09. The van der Waals surface area contributed by atoms with Crippen LogP contribution in [0.2, 0.25) is 0 Å². The third-order valence-electron chi connectivity index (χ3n) is 3.86. The lowest BCUT2D eigenvalue weighted by Crippen LogP contribution is -2.28. The zero-order valence-electron chi connectivity index (χ0n) is 13.6. The van der Waals surface area contributed by atoms with Gasteiger partial charge < -0.3 is 15.0 Å². The monoisotopic (exact) mass is 358 g/mol. The summed E-state index contributed by atoms with van der Waals surface area (Å²) in [4.78, 5) is 38.2. The number of nitrogens with one attached hydrogen (secondary N) is 1. The molecule has 1 aromatic carbocycles. The van der Waals surface area contributed by atoms with E-state index in [0.717, 1.165) is 17.0 Å². The third-order valence-corrected chi connectivity index (χ3v) is 4.74. The Morgan fingerprint density at radius 3 is 2.64 bits per heavy atom. The number of anilines is 1. The van der Waals surface area contributed by atoms with Gasteiger partial charge in [-0.05, 0) is 42.1 Å². The fourth-order valence-corrected chi connectivity index (χ4v) is 3.21. The van der Waals surface area contributed by atoms with E-state index in [9.17, 15) is 14.4 Å². The Kier molecular flexibility index (Phi) is 5.45. The van der Waals surface area contributed by atoms with Gasteiger partial charge in [-0.25, -0.2) is 4.79 Å². The summed E-state index contributed by atoms with van der Waals surface area (Å²) in [6.07, 6.45) is 1.41. The van der Waals surface area contributed by atoms with E-state index >= 15 is 0 Å². The van der Waals surface area contributed by atoms with Crippen LogP contribution in [0.1, 0.15) is 28.1 Å². The number of benzene rings is 1. The molecule has 1 fully saturated rings. The molecular formula is C18H18N2O4S. The molecule has 0 saturated carbocycles. The van der Waals surface area contributed by atoms with Crippen LogP contribution in [0, 0.1) is 0 Å². The van der Waals surface area contributed by atoms with Crippen LogP contribution >= 0.6 is 11.3 Å². The molecule has 2 heterocycles. The van der Waals surface area contributed by atoms with Crippen LogP contribution in [-0.4, -0.2) is 30.9 Å². The SMILES string of the molecule is O=C(COC(=O)c1ccc(N2CCCC2=O)cc1)NCc1cccs1. The summed E-state index contributed by atoms with van der Waals surface area (Å²) in [5.74, 6) is -0.815. The maximum atomic E-state index is 12.0. The third kappa shape index (κ3) is 4.45. The second-order valence-electron chi connectivity index (χ2n) is 5.63. The minimum atomic E-state index is -0.564. The molecule has 1 N–H and O–H groups in total. The van der Waals surface area contributed by atoms with E-state index < -0.39 is 5.97 Å². The van der Waals surface area contributed by atoms with Gasteiger partial charge in [0.1, 0.15) is 0 Å². The molecule has 0 spiro atoms.